The first kappa shape index (κ1) is 12.4. The number of nitro groups is 1. The van der Waals surface area contributed by atoms with E-state index in [-0.39, 0.29) is 0 Å². The third-order valence-corrected chi connectivity index (χ3v) is 3.07. The van der Waals surface area contributed by atoms with Crippen LogP contribution in [0.25, 0.3) is 0 Å². The molecule has 1 aromatic carbocycles. The Hall–Kier alpha value is -2.02. The lowest BCUT2D eigenvalue weighted by atomic mass is 10.2. The summed E-state index contributed by atoms with van der Waals surface area (Å²) in [5.41, 5.74) is 0.135. The molecule has 2 rings (SSSR count). The predicted octanol–water partition coefficient (Wildman–Crippen LogP) is 2.82. The van der Waals surface area contributed by atoms with Gasteiger partial charge in [0, 0.05) is 24.2 Å². The van der Waals surface area contributed by atoms with Gasteiger partial charge in [-0.25, -0.2) is 9.97 Å². The van der Waals surface area contributed by atoms with Crippen LogP contribution in [-0.2, 0) is 5.75 Å². The Morgan fingerprint density at radius 1 is 1.33 bits per heavy atom. The average Bonchev–Trinajstić information content (AvgIpc) is 2.37. The molecule has 5 nitrogen and oxygen atoms in total. The van der Waals surface area contributed by atoms with E-state index in [1.54, 1.807) is 18.5 Å². The molecule has 0 amide bonds. The molecule has 0 radical (unpaired) electrons. The highest BCUT2D eigenvalue weighted by Gasteiger charge is 2.13. The van der Waals surface area contributed by atoms with E-state index in [9.17, 15) is 14.5 Å². The van der Waals surface area contributed by atoms with E-state index in [4.69, 9.17) is 0 Å². The number of rotatable bonds is 4. The smallest absolute Gasteiger partial charge is 0.258 e. The van der Waals surface area contributed by atoms with Gasteiger partial charge in [0.15, 0.2) is 5.16 Å². The summed E-state index contributed by atoms with van der Waals surface area (Å²) in [7, 11) is 0. The van der Waals surface area contributed by atoms with Crippen LogP contribution >= 0.6 is 11.8 Å². The maximum Gasteiger partial charge on any atom is 0.304 e. The Balaban J connectivity index is 2.07. The Morgan fingerprint density at radius 3 is 2.67 bits per heavy atom. The molecule has 0 spiro atoms. The largest absolute Gasteiger partial charge is 0.304 e. The van der Waals surface area contributed by atoms with E-state index in [0.717, 1.165) is 12.1 Å². The zero-order valence-electron chi connectivity index (χ0n) is 9.12. The van der Waals surface area contributed by atoms with Crippen molar-refractivity contribution in [1.29, 1.82) is 0 Å². The molecule has 0 N–H and O–H groups in total. The number of halogens is 1. The summed E-state index contributed by atoms with van der Waals surface area (Å²) in [4.78, 5) is 17.7. The van der Waals surface area contributed by atoms with Gasteiger partial charge in [-0.3, -0.25) is 10.1 Å². The lowest BCUT2D eigenvalue weighted by Crippen LogP contribution is -1.94. The monoisotopic (exact) mass is 265 g/mol. The average molecular weight is 265 g/mol. The van der Waals surface area contributed by atoms with Crippen LogP contribution in [0.3, 0.4) is 0 Å². The molecule has 0 fully saturated rings. The number of nitro benzene ring substituents is 1. The first-order valence-corrected chi connectivity index (χ1v) is 5.98. The van der Waals surface area contributed by atoms with Crippen LogP contribution in [0, 0.1) is 15.9 Å². The molecular weight excluding hydrogens is 257 g/mol. The van der Waals surface area contributed by atoms with Crippen LogP contribution in [-0.4, -0.2) is 14.9 Å². The lowest BCUT2D eigenvalue weighted by molar-refractivity contribution is -0.387. The SMILES string of the molecule is O=[N+]([O-])c1ccc(CSc2ncccn2)cc1F. The highest BCUT2D eigenvalue weighted by molar-refractivity contribution is 7.98. The Labute approximate surface area is 106 Å². The molecule has 0 unspecified atom stereocenters. The highest BCUT2D eigenvalue weighted by Crippen LogP contribution is 2.23. The molecule has 1 heterocycles. The maximum atomic E-state index is 13.3. The van der Waals surface area contributed by atoms with Gasteiger partial charge in [0.2, 0.25) is 5.82 Å². The van der Waals surface area contributed by atoms with Crippen molar-refractivity contribution in [2.75, 3.05) is 0 Å². The normalized spacial score (nSPS) is 10.3. The van der Waals surface area contributed by atoms with Gasteiger partial charge in [0.25, 0.3) is 0 Å². The molecule has 0 atom stereocenters. The second-order valence-electron chi connectivity index (χ2n) is 3.36. The molecule has 0 aliphatic heterocycles. The summed E-state index contributed by atoms with van der Waals surface area (Å²) in [5, 5.41) is 11.0. The van der Waals surface area contributed by atoms with Crippen LogP contribution in [0.4, 0.5) is 10.1 Å². The molecule has 0 aliphatic rings. The molecular formula is C11H8FN3O2S. The number of benzene rings is 1. The number of thioether (sulfide) groups is 1. The van der Waals surface area contributed by atoms with Gasteiger partial charge in [-0.05, 0) is 17.7 Å². The fourth-order valence-corrected chi connectivity index (χ4v) is 2.04. The quantitative estimate of drug-likeness (QED) is 0.368. The minimum Gasteiger partial charge on any atom is -0.258 e. The zero-order chi connectivity index (χ0) is 13.0. The molecule has 0 bridgehead atoms. The summed E-state index contributed by atoms with van der Waals surface area (Å²) < 4.78 is 13.3. The van der Waals surface area contributed by atoms with Gasteiger partial charge >= 0.3 is 5.69 Å². The highest BCUT2D eigenvalue weighted by atomic mass is 32.2. The summed E-state index contributed by atoms with van der Waals surface area (Å²) in [6, 6.07) is 5.55. The summed E-state index contributed by atoms with van der Waals surface area (Å²) in [6.45, 7) is 0. The van der Waals surface area contributed by atoms with E-state index in [2.05, 4.69) is 9.97 Å². The Morgan fingerprint density at radius 2 is 2.06 bits per heavy atom. The Bertz CT molecular complexity index is 565. The van der Waals surface area contributed by atoms with Crippen molar-refractivity contribution in [2.45, 2.75) is 10.9 Å². The van der Waals surface area contributed by atoms with Crippen molar-refractivity contribution in [3.05, 3.63) is 58.2 Å². The van der Waals surface area contributed by atoms with Crippen molar-refractivity contribution in [1.82, 2.24) is 9.97 Å². The van der Waals surface area contributed by atoms with Gasteiger partial charge in [-0.2, -0.15) is 4.39 Å². The molecule has 7 heteroatoms. The summed E-state index contributed by atoms with van der Waals surface area (Å²) in [6.07, 6.45) is 3.23. The van der Waals surface area contributed by atoms with Crippen LogP contribution in [0.15, 0.2) is 41.8 Å². The molecule has 0 saturated carbocycles. The van der Waals surface area contributed by atoms with E-state index < -0.39 is 16.4 Å². The van der Waals surface area contributed by atoms with Crippen molar-refractivity contribution in [2.24, 2.45) is 0 Å². The van der Waals surface area contributed by atoms with Crippen LogP contribution in [0.2, 0.25) is 0 Å². The van der Waals surface area contributed by atoms with Crippen LogP contribution in [0.5, 0.6) is 0 Å². The predicted molar refractivity (Wildman–Crippen MR) is 64.6 cm³/mol. The summed E-state index contributed by atoms with van der Waals surface area (Å²) in [5.74, 6) is -0.370. The fourth-order valence-electron chi connectivity index (χ4n) is 1.30. The minimum absolute atomic E-state index is 0.457. The third-order valence-electron chi connectivity index (χ3n) is 2.12. The zero-order valence-corrected chi connectivity index (χ0v) is 9.93. The van der Waals surface area contributed by atoms with E-state index in [1.165, 1.54) is 17.8 Å². The first-order valence-electron chi connectivity index (χ1n) is 4.99. The van der Waals surface area contributed by atoms with Crippen molar-refractivity contribution in [3.8, 4) is 0 Å². The van der Waals surface area contributed by atoms with Crippen molar-refractivity contribution in [3.63, 3.8) is 0 Å². The number of hydrogen-bond acceptors (Lipinski definition) is 5. The first-order chi connectivity index (χ1) is 8.66. The Kier molecular flexibility index (Phi) is 3.83. The fraction of sp³-hybridized carbons (Fsp3) is 0.0909. The van der Waals surface area contributed by atoms with E-state index in [1.807, 2.05) is 0 Å². The standard InChI is InChI=1S/C11H8FN3O2S/c12-9-6-8(2-3-10(9)15(16)17)7-18-11-13-4-1-5-14-11/h1-6H,7H2. The molecule has 0 aliphatic carbocycles. The van der Waals surface area contributed by atoms with Crippen molar-refractivity contribution < 1.29 is 9.31 Å². The molecule has 0 saturated heterocycles. The second-order valence-corrected chi connectivity index (χ2v) is 4.31. The molecule has 18 heavy (non-hydrogen) atoms. The number of aromatic nitrogens is 2. The molecule has 1 aromatic heterocycles. The maximum absolute atomic E-state index is 13.3. The van der Waals surface area contributed by atoms with E-state index in [0.29, 0.717) is 16.5 Å². The second kappa shape index (κ2) is 5.54. The van der Waals surface area contributed by atoms with Crippen molar-refractivity contribution >= 4 is 17.4 Å². The van der Waals surface area contributed by atoms with Gasteiger partial charge < -0.3 is 0 Å². The molecule has 92 valence electrons. The van der Waals surface area contributed by atoms with Gasteiger partial charge in [-0.15, -0.1) is 0 Å². The topological polar surface area (TPSA) is 68.9 Å². The summed E-state index contributed by atoms with van der Waals surface area (Å²) >= 11 is 1.34. The third kappa shape index (κ3) is 3.01. The van der Waals surface area contributed by atoms with Gasteiger partial charge in [0.1, 0.15) is 0 Å². The minimum atomic E-state index is -0.827. The van der Waals surface area contributed by atoms with Gasteiger partial charge in [-0.1, -0.05) is 17.8 Å². The van der Waals surface area contributed by atoms with Crippen LogP contribution in [0.1, 0.15) is 5.56 Å². The molecule has 2 aromatic rings. The lowest BCUT2D eigenvalue weighted by Gasteiger charge is -2.01. The van der Waals surface area contributed by atoms with Crippen LogP contribution < -0.4 is 0 Å². The van der Waals surface area contributed by atoms with Gasteiger partial charge in [0.05, 0.1) is 4.92 Å². The van der Waals surface area contributed by atoms with E-state index >= 15 is 0 Å². The number of hydrogen-bond donors (Lipinski definition) is 0. The number of nitrogens with zero attached hydrogens (tertiary/aromatic N) is 3.